The van der Waals surface area contributed by atoms with Crippen molar-refractivity contribution < 1.29 is 24.2 Å². The Kier molecular flexibility index (Phi) is 5.99. The molecule has 0 aliphatic carbocycles. The Morgan fingerprint density at radius 1 is 1.50 bits per heavy atom. The molecule has 1 fully saturated rings. The fourth-order valence-electron chi connectivity index (χ4n) is 2.02. The molecule has 1 aromatic carbocycles. The van der Waals surface area contributed by atoms with Gasteiger partial charge in [0, 0.05) is 12.1 Å². The van der Waals surface area contributed by atoms with Gasteiger partial charge in [0.05, 0.1) is 18.0 Å². The number of methoxy groups -OCH3 is 1. The Morgan fingerprint density at radius 2 is 2.25 bits per heavy atom. The molecular formula is C16H14NO5S2-. The van der Waals surface area contributed by atoms with E-state index in [1.165, 1.54) is 12.0 Å². The van der Waals surface area contributed by atoms with Crippen LogP contribution in [0.3, 0.4) is 0 Å². The first-order valence-electron chi connectivity index (χ1n) is 6.83. The van der Waals surface area contributed by atoms with Crippen molar-refractivity contribution >= 4 is 46.3 Å². The molecule has 24 heavy (non-hydrogen) atoms. The lowest BCUT2D eigenvalue weighted by Crippen LogP contribution is -2.29. The largest absolute Gasteiger partial charge is 0.546 e. The third-order valence-electron chi connectivity index (χ3n) is 3.04. The van der Waals surface area contributed by atoms with Crippen LogP contribution in [0.25, 0.3) is 6.08 Å². The molecule has 0 aromatic heterocycles. The van der Waals surface area contributed by atoms with Crippen LogP contribution in [0.2, 0.25) is 0 Å². The molecular weight excluding hydrogens is 350 g/mol. The van der Waals surface area contributed by atoms with Crippen LogP contribution in [0, 0.1) is 0 Å². The van der Waals surface area contributed by atoms with Crippen molar-refractivity contribution in [3.8, 4) is 11.5 Å². The van der Waals surface area contributed by atoms with Gasteiger partial charge in [-0.2, -0.15) is 0 Å². The maximum atomic E-state index is 12.4. The number of hydrogen-bond acceptors (Lipinski definition) is 7. The van der Waals surface area contributed by atoms with Gasteiger partial charge in [-0.3, -0.25) is 9.69 Å². The number of para-hydroxylation sites is 1. The van der Waals surface area contributed by atoms with Crippen LogP contribution in [0.4, 0.5) is 0 Å². The molecule has 1 heterocycles. The molecule has 2 rings (SSSR count). The number of aliphatic carboxylic acids is 1. The number of thioether (sulfide) groups is 1. The van der Waals surface area contributed by atoms with Gasteiger partial charge in [-0.1, -0.05) is 42.2 Å². The molecule has 6 nitrogen and oxygen atoms in total. The fraction of sp³-hybridized carbons (Fsp3) is 0.188. The highest BCUT2D eigenvalue weighted by molar-refractivity contribution is 8.26. The third kappa shape index (κ3) is 3.95. The minimum Gasteiger partial charge on any atom is -0.546 e. The Bertz CT molecular complexity index is 729. The number of ether oxygens (including phenoxy) is 2. The second-order valence-electron chi connectivity index (χ2n) is 4.62. The first-order valence-corrected chi connectivity index (χ1v) is 8.06. The highest BCUT2D eigenvalue weighted by Crippen LogP contribution is 2.37. The van der Waals surface area contributed by atoms with Gasteiger partial charge in [-0.05, 0) is 12.1 Å². The van der Waals surface area contributed by atoms with E-state index in [0.717, 1.165) is 11.8 Å². The van der Waals surface area contributed by atoms with Gasteiger partial charge < -0.3 is 19.4 Å². The summed E-state index contributed by atoms with van der Waals surface area (Å²) in [6, 6.07) is 5.03. The van der Waals surface area contributed by atoms with Gasteiger partial charge >= 0.3 is 0 Å². The number of carbonyl (C=O) groups excluding carboxylic acids is 2. The van der Waals surface area contributed by atoms with Crippen molar-refractivity contribution in [2.24, 2.45) is 0 Å². The summed E-state index contributed by atoms with van der Waals surface area (Å²) in [4.78, 5) is 24.9. The molecule has 1 aliphatic heterocycles. The number of nitrogens with zero attached hydrogens (tertiary/aromatic N) is 1. The van der Waals surface area contributed by atoms with Crippen molar-refractivity contribution in [3.05, 3.63) is 41.3 Å². The Balaban J connectivity index is 2.38. The fourth-order valence-corrected chi connectivity index (χ4v) is 3.29. The molecule has 0 radical (unpaired) electrons. The normalized spacial score (nSPS) is 15.7. The number of benzene rings is 1. The molecule has 1 saturated heterocycles. The molecule has 0 saturated carbocycles. The second-order valence-corrected chi connectivity index (χ2v) is 6.30. The summed E-state index contributed by atoms with van der Waals surface area (Å²) in [5, 5.41) is 10.7. The molecule has 0 unspecified atom stereocenters. The quantitative estimate of drug-likeness (QED) is 0.409. The summed E-state index contributed by atoms with van der Waals surface area (Å²) in [5.41, 5.74) is 0.509. The van der Waals surface area contributed by atoms with Gasteiger partial charge in [0.15, 0.2) is 11.5 Å². The average molecular weight is 364 g/mol. The molecule has 0 atom stereocenters. The molecule has 0 spiro atoms. The zero-order chi connectivity index (χ0) is 17.7. The minimum absolute atomic E-state index is 0.221. The Hall–Kier alpha value is -2.32. The van der Waals surface area contributed by atoms with Crippen molar-refractivity contribution in [2.45, 2.75) is 0 Å². The van der Waals surface area contributed by atoms with Crippen molar-refractivity contribution in [3.63, 3.8) is 0 Å². The smallest absolute Gasteiger partial charge is 0.266 e. The number of hydrogen-bond donors (Lipinski definition) is 0. The van der Waals surface area contributed by atoms with Crippen LogP contribution in [0.5, 0.6) is 11.5 Å². The number of carbonyl (C=O) groups is 2. The average Bonchev–Trinajstić information content (AvgIpc) is 2.81. The predicted molar refractivity (Wildman–Crippen MR) is 93.6 cm³/mol. The van der Waals surface area contributed by atoms with E-state index in [2.05, 4.69) is 6.58 Å². The minimum atomic E-state index is -1.36. The molecule has 1 amide bonds. The van der Waals surface area contributed by atoms with Crippen molar-refractivity contribution in [1.29, 1.82) is 0 Å². The van der Waals surface area contributed by atoms with Crippen LogP contribution in [-0.2, 0) is 9.59 Å². The summed E-state index contributed by atoms with van der Waals surface area (Å²) in [7, 11) is 1.44. The number of rotatable bonds is 7. The van der Waals surface area contributed by atoms with Crippen LogP contribution in [0.1, 0.15) is 5.56 Å². The van der Waals surface area contributed by atoms with E-state index in [0.29, 0.717) is 27.1 Å². The highest BCUT2D eigenvalue weighted by atomic mass is 32.2. The zero-order valence-electron chi connectivity index (χ0n) is 12.8. The lowest BCUT2D eigenvalue weighted by Gasteiger charge is -2.14. The molecule has 1 aromatic rings. The van der Waals surface area contributed by atoms with E-state index in [1.807, 2.05) is 0 Å². The Morgan fingerprint density at radius 3 is 2.88 bits per heavy atom. The summed E-state index contributed by atoms with van der Waals surface area (Å²) in [6.45, 7) is 3.30. The van der Waals surface area contributed by atoms with Gasteiger partial charge in [-0.15, -0.1) is 6.58 Å². The standard InChI is InChI=1S/C16H15NO5S2/c1-3-7-17-15(20)12(24-16(17)23)8-10-5-4-6-11(21-2)14(10)22-9-13(18)19/h3-6,8H,1,7,9H2,2H3,(H,18,19)/p-1/b12-8+. The number of carboxylic acids is 1. The molecule has 0 bridgehead atoms. The van der Waals surface area contributed by atoms with E-state index in [-0.39, 0.29) is 11.7 Å². The van der Waals surface area contributed by atoms with Crippen molar-refractivity contribution in [1.82, 2.24) is 4.90 Å². The number of thiocarbonyl (C=S) groups is 1. The summed E-state index contributed by atoms with van der Waals surface area (Å²) in [6.07, 6.45) is 3.18. The van der Waals surface area contributed by atoms with Gasteiger partial charge in [0.25, 0.3) is 5.91 Å². The maximum absolute atomic E-state index is 12.4. The topological polar surface area (TPSA) is 78.9 Å². The predicted octanol–water partition coefficient (Wildman–Crippen LogP) is 1.21. The van der Waals surface area contributed by atoms with Crippen LogP contribution in [0.15, 0.2) is 35.8 Å². The number of amides is 1. The van der Waals surface area contributed by atoms with Gasteiger partial charge in [-0.25, -0.2) is 0 Å². The van der Waals surface area contributed by atoms with E-state index >= 15 is 0 Å². The van der Waals surface area contributed by atoms with E-state index in [9.17, 15) is 14.7 Å². The molecule has 126 valence electrons. The zero-order valence-corrected chi connectivity index (χ0v) is 14.4. The summed E-state index contributed by atoms with van der Waals surface area (Å²) < 4.78 is 10.9. The van der Waals surface area contributed by atoms with Gasteiger partial charge in [0.2, 0.25) is 0 Å². The second kappa shape index (κ2) is 7.98. The first-order chi connectivity index (χ1) is 11.5. The lowest BCUT2D eigenvalue weighted by atomic mass is 10.1. The Labute approximate surface area is 148 Å². The molecule has 8 heteroatoms. The molecule has 1 aliphatic rings. The summed E-state index contributed by atoms with van der Waals surface area (Å²) in [5.74, 6) is -1.02. The van der Waals surface area contributed by atoms with E-state index in [1.54, 1.807) is 30.4 Å². The third-order valence-corrected chi connectivity index (χ3v) is 4.41. The van der Waals surface area contributed by atoms with Crippen molar-refractivity contribution in [2.75, 3.05) is 20.3 Å². The SMILES string of the molecule is C=CCN1C(=O)/C(=C\c2cccc(OC)c2OCC(=O)[O-])SC1=S. The van der Waals surface area contributed by atoms with E-state index < -0.39 is 12.6 Å². The number of carboxylic acid groups (broad SMARTS) is 1. The first kappa shape index (κ1) is 18.0. The lowest BCUT2D eigenvalue weighted by molar-refractivity contribution is -0.307. The van der Waals surface area contributed by atoms with Crippen LogP contribution < -0.4 is 14.6 Å². The van der Waals surface area contributed by atoms with Crippen LogP contribution in [-0.4, -0.2) is 41.4 Å². The highest BCUT2D eigenvalue weighted by Gasteiger charge is 2.31. The maximum Gasteiger partial charge on any atom is 0.266 e. The molecule has 0 N–H and O–H groups in total. The summed E-state index contributed by atoms with van der Waals surface area (Å²) >= 11 is 6.34. The van der Waals surface area contributed by atoms with Gasteiger partial charge in [0.1, 0.15) is 10.9 Å². The monoisotopic (exact) mass is 364 g/mol. The van der Waals surface area contributed by atoms with E-state index in [4.69, 9.17) is 21.7 Å². The van der Waals surface area contributed by atoms with Crippen LogP contribution >= 0.6 is 24.0 Å².